The number of hydrogen-bond donors (Lipinski definition) is 2. The van der Waals surface area contributed by atoms with Crippen molar-refractivity contribution < 1.29 is 23.8 Å². The van der Waals surface area contributed by atoms with Gasteiger partial charge in [0.25, 0.3) is 11.8 Å². The lowest BCUT2D eigenvalue weighted by Crippen LogP contribution is -2.49. The van der Waals surface area contributed by atoms with Gasteiger partial charge in [-0.05, 0) is 71.7 Å². The van der Waals surface area contributed by atoms with Crippen molar-refractivity contribution in [3.8, 4) is 11.5 Å². The van der Waals surface area contributed by atoms with Gasteiger partial charge < -0.3 is 9.84 Å². The largest absolute Gasteiger partial charge is 0.504 e. The summed E-state index contributed by atoms with van der Waals surface area (Å²) in [5.74, 6) is -2.21. The number of allylic oxidation sites excluding steroid dienone is 4. The Morgan fingerprint density at radius 1 is 1.13 bits per heavy atom. The third kappa shape index (κ3) is 4.49. The molecule has 198 valence electrons. The van der Waals surface area contributed by atoms with Crippen LogP contribution in [0.2, 0.25) is 5.02 Å². The molecule has 1 aliphatic heterocycles. The first-order valence-corrected chi connectivity index (χ1v) is 12.7. The Hall–Kier alpha value is -4.36. The van der Waals surface area contributed by atoms with Gasteiger partial charge in [0.15, 0.2) is 11.5 Å². The van der Waals surface area contributed by atoms with E-state index < -0.39 is 29.0 Å². The molecule has 1 saturated heterocycles. The lowest BCUT2D eigenvalue weighted by molar-refractivity contribution is -0.138. The normalized spacial score (nSPS) is 22.5. The van der Waals surface area contributed by atoms with E-state index in [4.69, 9.17) is 16.3 Å². The van der Waals surface area contributed by atoms with Crippen molar-refractivity contribution in [1.82, 2.24) is 5.01 Å². The van der Waals surface area contributed by atoms with Crippen molar-refractivity contribution in [3.63, 3.8) is 0 Å². The average molecular weight is 545 g/mol. The second kappa shape index (κ2) is 10.4. The number of methoxy groups -OCH3 is 1. The summed E-state index contributed by atoms with van der Waals surface area (Å²) in [6.45, 7) is 3.98. The summed E-state index contributed by atoms with van der Waals surface area (Å²) >= 11 is 6.20. The summed E-state index contributed by atoms with van der Waals surface area (Å²) in [6.07, 6.45) is 7.68. The maximum Gasteiger partial charge on any atom is 0.260 e. The summed E-state index contributed by atoms with van der Waals surface area (Å²) in [6, 6.07) is 17.3. The number of halogens is 2. The van der Waals surface area contributed by atoms with Crippen molar-refractivity contribution in [3.05, 3.63) is 119 Å². The number of phenols is 1. The summed E-state index contributed by atoms with van der Waals surface area (Å²) in [7, 11) is 1.47. The first kappa shape index (κ1) is 26.3. The number of carbonyl (C=O) groups is 2. The van der Waals surface area contributed by atoms with E-state index in [-0.39, 0.29) is 11.7 Å². The molecule has 0 bridgehead atoms. The third-order valence-electron chi connectivity index (χ3n) is 7.39. The average Bonchev–Trinajstić information content (AvgIpc) is 3.16. The molecule has 2 N–H and O–H groups in total. The van der Waals surface area contributed by atoms with Gasteiger partial charge in [0.1, 0.15) is 5.82 Å². The number of imide groups is 1. The van der Waals surface area contributed by atoms with Crippen LogP contribution in [-0.2, 0) is 15.0 Å². The van der Waals surface area contributed by atoms with Gasteiger partial charge in [0.2, 0.25) is 0 Å². The molecule has 3 aromatic rings. The molecule has 0 unspecified atom stereocenters. The number of benzene rings is 3. The minimum absolute atomic E-state index is 0.00997. The van der Waals surface area contributed by atoms with E-state index in [2.05, 4.69) is 12.0 Å². The van der Waals surface area contributed by atoms with Gasteiger partial charge >= 0.3 is 0 Å². The number of phenolic OH excluding ortho intramolecular Hbond substituents is 1. The van der Waals surface area contributed by atoms with Crippen molar-refractivity contribution in [2.24, 2.45) is 11.8 Å². The maximum absolute atomic E-state index is 14.4. The molecule has 3 aromatic carbocycles. The van der Waals surface area contributed by atoms with Gasteiger partial charge in [-0.25, -0.2) is 4.39 Å². The molecule has 2 aliphatic rings. The summed E-state index contributed by atoms with van der Waals surface area (Å²) in [5.41, 5.74) is 4.18. The topological polar surface area (TPSA) is 78.9 Å². The molecule has 1 fully saturated rings. The van der Waals surface area contributed by atoms with Gasteiger partial charge in [-0.1, -0.05) is 60.7 Å². The number of rotatable bonds is 7. The first-order valence-electron chi connectivity index (χ1n) is 12.3. The van der Waals surface area contributed by atoms with Crippen LogP contribution in [0.5, 0.6) is 11.5 Å². The zero-order valence-corrected chi connectivity index (χ0v) is 21.9. The number of nitrogens with zero attached hydrogens (tertiary/aromatic N) is 1. The van der Waals surface area contributed by atoms with Crippen LogP contribution < -0.4 is 10.2 Å². The number of amides is 2. The lowest BCUT2D eigenvalue weighted by Gasteiger charge is -2.41. The SMILES string of the molecule is C=CC1=CC[C@H]2C(=O)N(Nc3ccc(F)cc3)C(=O)[C@@]2(c2ccc(Cl)cc2)[C@H]1C=Cc1ccc(O)c(OC)c1. The molecule has 0 spiro atoms. The van der Waals surface area contributed by atoms with Crippen molar-refractivity contribution in [2.45, 2.75) is 11.8 Å². The molecule has 1 aliphatic carbocycles. The van der Waals surface area contributed by atoms with E-state index in [1.165, 1.54) is 37.4 Å². The zero-order valence-electron chi connectivity index (χ0n) is 21.1. The van der Waals surface area contributed by atoms with Crippen molar-refractivity contribution >= 4 is 35.2 Å². The highest BCUT2D eigenvalue weighted by Gasteiger charge is 2.65. The molecule has 8 heteroatoms. The van der Waals surface area contributed by atoms with Crippen LogP contribution >= 0.6 is 11.6 Å². The number of ether oxygens (including phenoxy) is 1. The van der Waals surface area contributed by atoms with E-state index in [1.54, 1.807) is 42.5 Å². The van der Waals surface area contributed by atoms with Crippen LogP contribution in [-0.4, -0.2) is 29.0 Å². The Balaban J connectivity index is 1.65. The predicted molar refractivity (Wildman–Crippen MR) is 149 cm³/mol. The van der Waals surface area contributed by atoms with Crippen LogP contribution in [0, 0.1) is 17.7 Å². The monoisotopic (exact) mass is 544 g/mol. The van der Waals surface area contributed by atoms with Gasteiger partial charge in [-0.3, -0.25) is 15.0 Å². The summed E-state index contributed by atoms with van der Waals surface area (Å²) < 4.78 is 18.7. The summed E-state index contributed by atoms with van der Waals surface area (Å²) in [5, 5.41) is 11.5. The zero-order chi connectivity index (χ0) is 27.7. The van der Waals surface area contributed by atoms with Crippen LogP contribution in [0.25, 0.3) is 6.08 Å². The molecule has 39 heavy (non-hydrogen) atoms. The number of anilines is 1. The van der Waals surface area contributed by atoms with E-state index in [9.17, 15) is 19.1 Å². The molecular weight excluding hydrogens is 519 g/mol. The Morgan fingerprint density at radius 2 is 1.85 bits per heavy atom. The van der Waals surface area contributed by atoms with Crippen molar-refractivity contribution in [2.75, 3.05) is 12.5 Å². The molecule has 3 atom stereocenters. The maximum atomic E-state index is 14.4. The lowest BCUT2D eigenvalue weighted by atomic mass is 9.57. The Morgan fingerprint density at radius 3 is 2.51 bits per heavy atom. The van der Waals surface area contributed by atoms with Crippen LogP contribution in [0.3, 0.4) is 0 Å². The predicted octanol–water partition coefficient (Wildman–Crippen LogP) is 6.29. The minimum Gasteiger partial charge on any atom is -0.504 e. The fourth-order valence-electron chi connectivity index (χ4n) is 5.53. The molecule has 1 heterocycles. The number of hydrazine groups is 1. The van der Waals surface area contributed by atoms with Gasteiger partial charge in [0.05, 0.1) is 24.1 Å². The van der Waals surface area contributed by atoms with Gasteiger partial charge in [-0.15, -0.1) is 0 Å². The molecule has 2 amide bonds. The van der Waals surface area contributed by atoms with Crippen LogP contribution in [0.15, 0.2) is 97.1 Å². The highest BCUT2D eigenvalue weighted by Crippen LogP contribution is 2.54. The number of hydrogen-bond acceptors (Lipinski definition) is 5. The van der Waals surface area contributed by atoms with E-state index in [1.807, 2.05) is 18.2 Å². The highest BCUT2D eigenvalue weighted by atomic mass is 35.5. The molecule has 6 nitrogen and oxygen atoms in total. The molecular formula is C31H26ClFN2O4. The number of carbonyl (C=O) groups excluding carboxylic acids is 2. The molecule has 5 rings (SSSR count). The van der Waals surface area contributed by atoms with Crippen LogP contribution in [0.1, 0.15) is 17.5 Å². The van der Waals surface area contributed by atoms with Gasteiger partial charge in [0, 0.05) is 10.9 Å². The standard InChI is InChI=1S/C31H26ClFN2O4/c1-3-20-6-16-26-29(37)35(34-24-13-11-23(33)12-14-24)30(38)31(26,21-7-9-22(32)10-8-21)25(20)15-4-19-5-17-27(36)28(18-19)39-2/h3-15,17-18,25-26,34,36H,1,16H2,2H3/t25-,26-,31-/m0/s1. The molecule has 0 radical (unpaired) electrons. The number of fused-ring (bicyclic) bond motifs is 1. The fourth-order valence-corrected chi connectivity index (χ4v) is 5.66. The van der Waals surface area contributed by atoms with E-state index in [0.29, 0.717) is 28.4 Å². The highest BCUT2D eigenvalue weighted by molar-refractivity contribution is 6.30. The van der Waals surface area contributed by atoms with Crippen LogP contribution in [0.4, 0.5) is 10.1 Å². The summed E-state index contributed by atoms with van der Waals surface area (Å²) in [4.78, 5) is 28.3. The van der Waals surface area contributed by atoms with Crippen molar-refractivity contribution in [1.29, 1.82) is 0 Å². The quantitative estimate of drug-likeness (QED) is 0.342. The second-order valence-electron chi connectivity index (χ2n) is 9.44. The number of aromatic hydroxyl groups is 1. The fraction of sp³-hybridized carbons (Fsp3) is 0.161. The Bertz CT molecular complexity index is 1500. The Labute approximate surface area is 230 Å². The smallest absolute Gasteiger partial charge is 0.260 e. The van der Waals surface area contributed by atoms with E-state index >= 15 is 0 Å². The Kier molecular flexibility index (Phi) is 7.02. The molecule has 0 saturated carbocycles. The number of nitrogens with one attached hydrogen (secondary N) is 1. The molecule has 0 aromatic heterocycles. The second-order valence-corrected chi connectivity index (χ2v) is 9.87. The first-order chi connectivity index (χ1) is 18.8. The minimum atomic E-state index is -1.30. The van der Waals surface area contributed by atoms with Gasteiger partial charge in [-0.2, -0.15) is 5.01 Å². The third-order valence-corrected chi connectivity index (χ3v) is 7.64. The van der Waals surface area contributed by atoms with E-state index in [0.717, 1.165) is 16.1 Å².